The minimum absolute atomic E-state index is 0.110. The maximum absolute atomic E-state index is 12.7. The Morgan fingerprint density at radius 2 is 1.72 bits per heavy atom. The molecular formula is C23H27NO5. The van der Waals surface area contributed by atoms with E-state index in [4.69, 9.17) is 14.2 Å². The van der Waals surface area contributed by atoms with Crippen molar-refractivity contribution in [2.75, 3.05) is 27.3 Å². The number of allylic oxidation sites excluding steroid dienone is 1. The quantitative estimate of drug-likeness (QED) is 0.342. The number of benzene rings is 2. The van der Waals surface area contributed by atoms with Gasteiger partial charge < -0.3 is 19.1 Å². The fourth-order valence-corrected chi connectivity index (χ4v) is 2.76. The smallest absolute Gasteiger partial charge is 0.338 e. The van der Waals surface area contributed by atoms with Crippen molar-refractivity contribution in [1.82, 2.24) is 4.90 Å². The van der Waals surface area contributed by atoms with Crippen LogP contribution in [0.3, 0.4) is 0 Å². The molecular weight excluding hydrogens is 370 g/mol. The van der Waals surface area contributed by atoms with Crippen LogP contribution in [0.4, 0.5) is 0 Å². The second-order valence-electron chi connectivity index (χ2n) is 6.20. The topological polar surface area (TPSA) is 65.1 Å². The molecule has 2 rings (SSSR count). The Hall–Kier alpha value is -3.28. The van der Waals surface area contributed by atoms with Crippen molar-refractivity contribution in [3.63, 3.8) is 0 Å². The summed E-state index contributed by atoms with van der Waals surface area (Å²) in [6.45, 7) is 5.80. The molecule has 0 unspecified atom stereocenters. The molecule has 0 saturated heterocycles. The summed E-state index contributed by atoms with van der Waals surface area (Å²) in [5, 5.41) is 0. The van der Waals surface area contributed by atoms with Gasteiger partial charge in [0.2, 0.25) is 0 Å². The molecule has 29 heavy (non-hydrogen) atoms. The van der Waals surface area contributed by atoms with E-state index >= 15 is 0 Å². The highest BCUT2D eigenvalue weighted by Crippen LogP contribution is 2.27. The third-order valence-electron chi connectivity index (χ3n) is 4.51. The van der Waals surface area contributed by atoms with Crippen molar-refractivity contribution in [1.29, 1.82) is 0 Å². The Bertz CT molecular complexity index is 871. The van der Waals surface area contributed by atoms with Crippen LogP contribution in [0, 0.1) is 0 Å². The molecule has 0 heterocycles. The van der Waals surface area contributed by atoms with E-state index in [-0.39, 0.29) is 12.4 Å². The van der Waals surface area contributed by atoms with E-state index in [0.29, 0.717) is 28.2 Å². The third kappa shape index (κ3) is 5.85. The molecule has 0 saturated carbocycles. The number of ether oxygens (including phenoxy) is 3. The van der Waals surface area contributed by atoms with E-state index in [9.17, 15) is 9.59 Å². The van der Waals surface area contributed by atoms with Gasteiger partial charge in [0.05, 0.1) is 25.3 Å². The minimum atomic E-state index is -0.437. The van der Waals surface area contributed by atoms with Gasteiger partial charge >= 0.3 is 5.97 Å². The van der Waals surface area contributed by atoms with Crippen LogP contribution in [0.25, 0.3) is 0 Å². The van der Waals surface area contributed by atoms with E-state index in [1.807, 2.05) is 24.8 Å². The van der Waals surface area contributed by atoms with Crippen LogP contribution in [0.15, 0.2) is 54.7 Å². The Balaban J connectivity index is 2.28. The molecule has 154 valence electrons. The molecule has 0 spiro atoms. The highest BCUT2D eigenvalue weighted by molar-refractivity contribution is 6.06. The van der Waals surface area contributed by atoms with Gasteiger partial charge in [-0.15, -0.1) is 0 Å². The Morgan fingerprint density at radius 3 is 2.38 bits per heavy atom. The molecule has 2 aromatic rings. The number of carbonyl (C=O) groups excluding carboxylic acids is 2. The van der Waals surface area contributed by atoms with Crippen LogP contribution < -0.4 is 9.47 Å². The zero-order valence-corrected chi connectivity index (χ0v) is 17.3. The fraction of sp³-hybridized carbons (Fsp3) is 0.304. The Kier molecular flexibility index (Phi) is 8.27. The second-order valence-corrected chi connectivity index (χ2v) is 6.20. The number of carbonyl (C=O) groups is 2. The van der Waals surface area contributed by atoms with Crippen LogP contribution in [0.2, 0.25) is 0 Å². The molecule has 6 nitrogen and oxygen atoms in total. The predicted octanol–water partition coefficient (Wildman–Crippen LogP) is 4.10. The number of ketones is 1. The molecule has 0 aromatic heterocycles. The molecule has 0 atom stereocenters. The van der Waals surface area contributed by atoms with E-state index in [2.05, 4.69) is 0 Å². The largest absolute Gasteiger partial charge is 0.497 e. The second kappa shape index (κ2) is 10.9. The maximum atomic E-state index is 12.7. The van der Waals surface area contributed by atoms with Gasteiger partial charge in [0, 0.05) is 37.0 Å². The Labute approximate surface area is 171 Å². The zero-order valence-electron chi connectivity index (χ0n) is 17.3. The van der Waals surface area contributed by atoms with Crippen LogP contribution in [-0.2, 0) is 11.3 Å². The first-order valence-electron chi connectivity index (χ1n) is 9.47. The average molecular weight is 397 g/mol. The van der Waals surface area contributed by atoms with Crippen molar-refractivity contribution in [2.24, 2.45) is 0 Å². The van der Waals surface area contributed by atoms with Crippen LogP contribution in [0.5, 0.6) is 11.5 Å². The molecule has 0 aliphatic heterocycles. The number of methoxy groups -OCH3 is 2. The molecule has 0 radical (unpaired) electrons. The molecule has 0 N–H and O–H groups in total. The van der Waals surface area contributed by atoms with Crippen molar-refractivity contribution >= 4 is 11.8 Å². The summed E-state index contributed by atoms with van der Waals surface area (Å²) >= 11 is 0. The summed E-state index contributed by atoms with van der Waals surface area (Å²) in [6, 6.07) is 12.1. The van der Waals surface area contributed by atoms with Crippen LogP contribution >= 0.6 is 0 Å². The number of hydrogen-bond donors (Lipinski definition) is 0. The SMILES string of the molecule is CCN(/C=C/C(=O)c1ccc(OC)cc1OCc1ccccc1C(=O)OC)CC. The van der Waals surface area contributed by atoms with E-state index in [0.717, 1.165) is 13.1 Å². The van der Waals surface area contributed by atoms with Crippen molar-refractivity contribution in [2.45, 2.75) is 20.5 Å². The lowest BCUT2D eigenvalue weighted by Gasteiger charge is -2.15. The maximum Gasteiger partial charge on any atom is 0.338 e. The Morgan fingerprint density at radius 1 is 1.00 bits per heavy atom. The van der Waals surface area contributed by atoms with E-state index in [1.54, 1.807) is 49.7 Å². The predicted molar refractivity (Wildman–Crippen MR) is 111 cm³/mol. The van der Waals surface area contributed by atoms with E-state index in [1.165, 1.54) is 13.2 Å². The lowest BCUT2D eigenvalue weighted by Crippen LogP contribution is -2.16. The first kappa shape index (κ1) is 22.0. The van der Waals surface area contributed by atoms with E-state index < -0.39 is 5.97 Å². The lowest BCUT2D eigenvalue weighted by atomic mass is 10.1. The normalized spacial score (nSPS) is 10.6. The fourth-order valence-electron chi connectivity index (χ4n) is 2.76. The first-order valence-corrected chi connectivity index (χ1v) is 9.47. The average Bonchev–Trinajstić information content (AvgIpc) is 2.77. The van der Waals surface area contributed by atoms with Gasteiger partial charge in [-0.3, -0.25) is 4.79 Å². The van der Waals surface area contributed by atoms with Gasteiger partial charge in [-0.1, -0.05) is 18.2 Å². The summed E-state index contributed by atoms with van der Waals surface area (Å²) in [6.07, 6.45) is 3.31. The van der Waals surface area contributed by atoms with Crippen molar-refractivity contribution in [3.05, 3.63) is 71.4 Å². The molecule has 0 amide bonds. The van der Waals surface area contributed by atoms with Gasteiger partial charge in [0.25, 0.3) is 0 Å². The minimum Gasteiger partial charge on any atom is -0.497 e. The summed E-state index contributed by atoms with van der Waals surface area (Å²) in [4.78, 5) is 26.7. The molecule has 0 fully saturated rings. The zero-order chi connectivity index (χ0) is 21.2. The lowest BCUT2D eigenvalue weighted by molar-refractivity contribution is 0.0597. The van der Waals surface area contributed by atoms with Gasteiger partial charge in [0.1, 0.15) is 18.1 Å². The highest BCUT2D eigenvalue weighted by atomic mass is 16.5. The molecule has 0 aliphatic carbocycles. The number of esters is 1. The number of hydrogen-bond acceptors (Lipinski definition) is 6. The summed E-state index contributed by atoms with van der Waals surface area (Å²) < 4.78 is 16.0. The van der Waals surface area contributed by atoms with Crippen LogP contribution in [-0.4, -0.2) is 44.0 Å². The van der Waals surface area contributed by atoms with Crippen molar-refractivity contribution in [3.8, 4) is 11.5 Å². The number of rotatable bonds is 10. The third-order valence-corrected chi connectivity index (χ3v) is 4.51. The molecule has 0 bridgehead atoms. The monoisotopic (exact) mass is 397 g/mol. The first-order chi connectivity index (χ1) is 14.0. The molecule has 0 aliphatic rings. The number of nitrogens with zero attached hydrogens (tertiary/aromatic N) is 1. The van der Waals surface area contributed by atoms with Gasteiger partial charge in [0.15, 0.2) is 5.78 Å². The summed E-state index contributed by atoms with van der Waals surface area (Å²) in [5.41, 5.74) is 1.51. The van der Waals surface area contributed by atoms with Gasteiger partial charge in [-0.2, -0.15) is 0 Å². The summed E-state index contributed by atoms with van der Waals surface area (Å²) in [5.74, 6) is 0.354. The van der Waals surface area contributed by atoms with Gasteiger partial charge in [-0.05, 0) is 32.0 Å². The van der Waals surface area contributed by atoms with Crippen LogP contribution in [0.1, 0.15) is 40.1 Å². The molecule has 6 heteroatoms. The van der Waals surface area contributed by atoms with Crippen molar-refractivity contribution < 1.29 is 23.8 Å². The molecule has 2 aromatic carbocycles. The highest BCUT2D eigenvalue weighted by Gasteiger charge is 2.15. The summed E-state index contributed by atoms with van der Waals surface area (Å²) in [7, 11) is 2.88. The standard InChI is InChI=1S/C23H27NO5/c1-5-24(6-2)14-13-21(25)20-12-11-18(27-3)15-22(20)29-16-17-9-7-8-10-19(17)23(26)28-4/h7-15H,5-6,16H2,1-4H3/b14-13+. The van der Waals surface area contributed by atoms with Gasteiger partial charge in [-0.25, -0.2) is 4.79 Å².